The molecule has 158 valence electrons. The van der Waals surface area contributed by atoms with Gasteiger partial charge in [0.1, 0.15) is 24.4 Å². The van der Waals surface area contributed by atoms with Gasteiger partial charge in [-0.15, -0.1) is 0 Å². The van der Waals surface area contributed by atoms with Gasteiger partial charge in [0, 0.05) is 6.20 Å². The number of aliphatic hydroxyl groups excluding tert-OH is 2. The number of ether oxygens (including phenoxy) is 1. The van der Waals surface area contributed by atoms with Gasteiger partial charge in [0.05, 0.1) is 12.2 Å². The zero-order valence-electron chi connectivity index (χ0n) is 13.3. The molecular formula is C9H13N2O14P3. The van der Waals surface area contributed by atoms with Gasteiger partial charge in [-0.1, -0.05) is 0 Å². The van der Waals surface area contributed by atoms with Crippen molar-refractivity contribution < 1.29 is 55.9 Å². The lowest BCUT2D eigenvalue weighted by Crippen LogP contribution is -2.34. The normalized spacial score (nSPS) is 43.9. The van der Waals surface area contributed by atoms with Crippen molar-refractivity contribution in [3.05, 3.63) is 32.6 Å². The van der Waals surface area contributed by atoms with E-state index in [1.165, 1.54) is 0 Å². The first-order valence-electron chi connectivity index (χ1n) is 7.18. The fourth-order valence-electron chi connectivity index (χ4n) is 2.41. The maximum atomic E-state index is 12.1. The number of aromatic amines is 2. The molecule has 0 aromatic carbocycles. The van der Waals surface area contributed by atoms with E-state index in [1.807, 2.05) is 4.98 Å². The van der Waals surface area contributed by atoms with Crippen LogP contribution in [0.1, 0.15) is 11.7 Å². The summed E-state index contributed by atoms with van der Waals surface area (Å²) in [6.45, 7) is -0.923. The summed E-state index contributed by atoms with van der Waals surface area (Å²) in [5.41, 5.74) is -1.98. The predicted molar refractivity (Wildman–Crippen MR) is 83.8 cm³/mol. The summed E-state index contributed by atoms with van der Waals surface area (Å²) in [5.74, 6) is 0. The van der Waals surface area contributed by atoms with Gasteiger partial charge in [0.25, 0.3) is 5.56 Å². The second-order valence-electron chi connectivity index (χ2n) is 5.53. The van der Waals surface area contributed by atoms with E-state index in [2.05, 4.69) is 22.4 Å². The number of rotatable bonds is 4. The minimum atomic E-state index is -5.25. The molecule has 2 fully saturated rings. The molecule has 0 radical (unpaired) electrons. The van der Waals surface area contributed by atoms with E-state index in [0.717, 1.165) is 6.20 Å². The molecule has 2 saturated heterocycles. The second kappa shape index (κ2) is 7.36. The van der Waals surface area contributed by atoms with Crippen molar-refractivity contribution >= 4 is 23.5 Å². The number of hydrogen-bond donors (Lipinski definition) is 6. The summed E-state index contributed by atoms with van der Waals surface area (Å²) in [6.07, 6.45) is -5.38. The van der Waals surface area contributed by atoms with Crippen LogP contribution < -0.4 is 11.2 Å². The maximum absolute atomic E-state index is 12.1. The number of phosphoric acid groups is 3. The van der Waals surface area contributed by atoms with Crippen LogP contribution >= 0.6 is 23.5 Å². The largest absolute Gasteiger partial charge is 0.492 e. The molecule has 0 saturated carbocycles. The third-order valence-electron chi connectivity index (χ3n) is 3.53. The zero-order valence-corrected chi connectivity index (χ0v) is 16.0. The molecule has 2 aliphatic rings. The molecule has 28 heavy (non-hydrogen) atoms. The highest BCUT2D eigenvalue weighted by Crippen LogP contribution is 2.80. The van der Waals surface area contributed by atoms with Gasteiger partial charge in [-0.25, -0.2) is 18.5 Å². The average Bonchev–Trinajstić information content (AvgIpc) is 2.78. The Morgan fingerprint density at radius 2 is 1.64 bits per heavy atom. The minimum Gasteiger partial charge on any atom is -0.387 e. The maximum Gasteiger partial charge on any atom is 0.492 e. The van der Waals surface area contributed by atoms with Crippen molar-refractivity contribution in [1.82, 2.24) is 9.97 Å². The van der Waals surface area contributed by atoms with E-state index in [9.17, 15) is 33.5 Å². The molecule has 2 aliphatic heterocycles. The Balaban J connectivity index is 1.74. The van der Waals surface area contributed by atoms with Crippen molar-refractivity contribution in [1.29, 1.82) is 0 Å². The summed E-state index contributed by atoms with van der Waals surface area (Å²) in [5, 5.41) is 20.1. The summed E-state index contributed by atoms with van der Waals surface area (Å²) in [4.78, 5) is 45.1. The van der Waals surface area contributed by atoms with Gasteiger partial charge in [0.2, 0.25) is 0 Å². The molecule has 6 N–H and O–H groups in total. The molecule has 19 heteroatoms. The van der Waals surface area contributed by atoms with Crippen molar-refractivity contribution in [3.63, 3.8) is 0 Å². The monoisotopic (exact) mass is 466 g/mol. The van der Waals surface area contributed by atoms with E-state index < -0.39 is 65.7 Å². The van der Waals surface area contributed by atoms with E-state index >= 15 is 0 Å². The molecule has 1 aromatic heterocycles. The molecule has 1 aromatic rings. The van der Waals surface area contributed by atoms with Crippen LogP contribution in [0.2, 0.25) is 0 Å². The molecule has 6 atom stereocenters. The molecule has 3 rings (SSSR count). The van der Waals surface area contributed by atoms with Crippen LogP contribution in [-0.2, 0) is 35.9 Å². The molecule has 0 amide bonds. The van der Waals surface area contributed by atoms with Gasteiger partial charge >= 0.3 is 29.2 Å². The minimum absolute atomic E-state index is 0.251. The Labute approximate surface area is 153 Å². The number of nitrogens with one attached hydrogen (secondary N) is 2. The number of hydrogen-bond acceptors (Lipinski definition) is 12. The van der Waals surface area contributed by atoms with Crippen molar-refractivity contribution in [2.45, 2.75) is 24.4 Å². The zero-order chi connectivity index (χ0) is 20.9. The number of aliphatic hydroxyl groups is 2. The average molecular weight is 466 g/mol. The lowest BCUT2D eigenvalue weighted by atomic mass is 10.0. The fraction of sp³-hybridized carbons (Fsp3) is 0.556. The summed E-state index contributed by atoms with van der Waals surface area (Å²) < 4.78 is 56.4. The smallest absolute Gasteiger partial charge is 0.387 e. The van der Waals surface area contributed by atoms with E-state index in [-0.39, 0.29) is 5.56 Å². The van der Waals surface area contributed by atoms with E-state index in [4.69, 9.17) is 14.5 Å². The summed E-state index contributed by atoms with van der Waals surface area (Å²) in [6, 6.07) is 0. The van der Waals surface area contributed by atoms with Gasteiger partial charge in [-0.05, 0) is 0 Å². The Bertz CT molecular complexity index is 990. The molecule has 3 unspecified atom stereocenters. The molecule has 0 aliphatic carbocycles. The highest BCUT2D eigenvalue weighted by Gasteiger charge is 2.55. The highest BCUT2D eigenvalue weighted by atomic mass is 31.3. The summed E-state index contributed by atoms with van der Waals surface area (Å²) in [7, 11) is -15.6. The lowest BCUT2D eigenvalue weighted by molar-refractivity contribution is -0.0235. The third-order valence-corrected chi connectivity index (χ3v) is 8.89. The van der Waals surface area contributed by atoms with E-state index in [1.54, 1.807) is 0 Å². The first-order valence-corrected chi connectivity index (χ1v) is 11.6. The highest BCUT2D eigenvalue weighted by molar-refractivity contribution is 7.74. The SMILES string of the molecule is O=c1[nH]cc([C@@H]2O[C@H](COP3(=O)OP(=O)(O)OP(=O)(O)O3)C(O)[C@@H]2O)c(=O)[nH]1. The molecule has 16 nitrogen and oxygen atoms in total. The predicted octanol–water partition coefficient (Wildman–Crippen LogP) is -1.39. The molecule has 3 heterocycles. The lowest BCUT2D eigenvalue weighted by Gasteiger charge is -2.27. The van der Waals surface area contributed by atoms with Crippen molar-refractivity contribution in [3.8, 4) is 0 Å². The van der Waals surface area contributed by atoms with Crippen LogP contribution in [0.3, 0.4) is 0 Å². The number of aromatic nitrogens is 2. The Kier molecular flexibility index (Phi) is 5.71. The van der Waals surface area contributed by atoms with Gasteiger partial charge in [-0.3, -0.25) is 14.3 Å². The molecule has 0 spiro atoms. The van der Waals surface area contributed by atoms with Gasteiger partial charge in [-0.2, -0.15) is 12.9 Å². The van der Waals surface area contributed by atoms with Crippen LogP contribution in [0.25, 0.3) is 0 Å². The third kappa shape index (κ3) is 4.60. The van der Waals surface area contributed by atoms with Crippen LogP contribution in [0.5, 0.6) is 0 Å². The fourth-order valence-corrected chi connectivity index (χ4v) is 7.35. The van der Waals surface area contributed by atoms with Crippen LogP contribution in [0, 0.1) is 0 Å². The first-order chi connectivity index (χ1) is 12.8. The first kappa shape index (κ1) is 21.7. The van der Waals surface area contributed by atoms with Crippen molar-refractivity contribution in [2.75, 3.05) is 6.61 Å². The van der Waals surface area contributed by atoms with Gasteiger partial charge < -0.3 is 29.7 Å². The number of H-pyrrole nitrogens is 2. The van der Waals surface area contributed by atoms with Crippen molar-refractivity contribution in [2.24, 2.45) is 0 Å². The summed E-state index contributed by atoms with van der Waals surface area (Å²) >= 11 is 0. The van der Waals surface area contributed by atoms with Crippen LogP contribution in [-0.4, -0.2) is 54.9 Å². The Hall–Kier alpha value is -0.990. The standard InChI is InChI=1S/C9H13N2O14P3/c12-5-4(2-21-28(20)24-26(16,17)23-27(18,19)25-28)22-7(6(5)13)3-1-10-9(15)11-8(3)14/h1,4-7,12-13H,2H2,(H,16,17)(H,18,19)(H2,10,11,14,15)/t4-,5?,6+,7+/m1/s1. The Morgan fingerprint density at radius 1 is 1.04 bits per heavy atom. The van der Waals surface area contributed by atoms with E-state index in [0.29, 0.717) is 0 Å². The topological polar surface area (TPSA) is 244 Å². The second-order valence-corrected chi connectivity index (χ2v) is 10.5. The van der Waals surface area contributed by atoms with Crippen LogP contribution in [0.15, 0.2) is 15.8 Å². The van der Waals surface area contributed by atoms with Crippen LogP contribution in [0.4, 0.5) is 0 Å². The quantitative estimate of drug-likeness (QED) is 0.280. The molecular weight excluding hydrogens is 453 g/mol. The van der Waals surface area contributed by atoms with Gasteiger partial charge in [0.15, 0.2) is 0 Å². The Morgan fingerprint density at radius 3 is 2.21 bits per heavy atom. The molecule has 0 bridgehead atoms.